The van der Waals surface area contributed by atoms with E-state index in [-0.39, 0.29) is 11.6 Å². The van der Waals surface area contributed by atoms with Gasteiger partial charge in [0.15, 0.2) is 5.65 Å². The van der Waals surface area contributed by atoms with E-state index in [1.54, 1.807) is 18.2 Å². The van der Waals surface area contributed by atoms with Gasteiger partial charge in [-0.1, -0.05) is 30.1 Å². The molecule has 3 rings (SSSR count). The van der Waals surface area contributed by atoms with E-state index in [4.69, 9.17) is 33.0 Å². The summed E-state index contributed by atoms with van der Waals surface area (Å²) in [5, 5.41) is 18.1. The zero-order chi connectivity index (χ0) is 23.3. The number of ether oxygens (including phenoxy) is 1. The standard InChI is InChI=1S/C22H27Cl2N5O3/c1-4-16(25-2)17-12-20-26-19(24)13-21(29(20)27-17)28(3)9-5-6-10-32-18-8-7-14(23)11-15(18)22(30)31/h7-8,11-13,16,25H,4-6,9-10H2,1-3H3,(H,30,31)/t16-/m0/s1. The van der Waals surface area contributed by atoms with Crippen LogP contribution in [0.15, 0.2) is 30.3 Å². The lowest BCUT2D eigenvalue weighted by atomic mass is 10.1. The molecule has 10 heteroatoms. The molecule has 0 aliphatic heterocycles. The number of hydrogen-bond acceptors (Lipinski definition) is 6. The number of fused-ring (bicyclic) bond motifs is 1. The first-order valence-electron chi connectivity index (χ1n) is 10.4. The molecular weight excluding hydrogens is 453 g/mol. The lowest BCUT2D eigenvalue weighted by molar-refractivity contribution is 0.0692. The number of unbranched alkanes of at least 4 members (excludes halogenated alkanes) is 1. The lowest BCUT2D eigenvalue weighted by Gasteiger charge is -2.20. The van der Waals surface area contributed by atoms with Gasteiger partial charge < -0.3 is 20.1 Å². The monoisotopic (exact) mass is 479 g/mol. The summed E-state index contributed by atoms with van der Waals surface area (Å²) >= 11 is 12.1. The Balaban J connectivity index is 1.62. The number of carbonyl (C=O) groups is 1. The number of aromatic carboxylic acids is 1. The first kappa shape index (κ1) is 24.1. The van der Waals surface area contributed by atoms with Crippen molar-refractivity contribution >= 4 is 40.6 Å². The maximum absolute atomic E-state index is 11.4. The van der Waals surface area contributed by atoms with Crippen LogP contribution in [0.2, 0.25) is 10.2 Å². The minimum atomic E-state index is -1.07. The third-order valence-electron chi connectivity index (χ3n) is 5.22. The van der Waals surface area contributed by atoms with E-state index in [1.807, 2.05) is 24.7 Å². The van der Waals surface area contributed by atoms with Gasteiger partial charge in [-0.05, 0) is 44.5 Å². The Kier molecular flexibility index (Phi) is 8.17. The van der Waals surface area contributed by atoms with E-state index in [0.29, 0.717) is 28.2 Å². The Morgan fingerprint density at radius 1 is 1.28 bits per heavy atom. The minimum absolute atomic E-state index is 0.0601. The molecule has 0 amide bonds. The van der Waals surface area contributed by atoms with E-state index in [0.717, 1.165) is 37.3 Å². The van der Waals surface area contributed by atoms with Crippen LogP contribution in [0, 0.1) is 0 Å². The van der Waals surface area contributed by atoms with Crippen LogP contribution in [0.3, 0.4) is 0 Å². The third kappa shape index (κ3) is 5.62. The van der Waals surface area contributed by atoms with Gasteiger partial charge in [-0.25, -0.2) is 9.78 Å². The number of carboxylic acid groups (broad SMARTS) is 1. The maximum Gasteiger partial charge on any atom is 0.339 e. The summed E-state index contributed by atoms with van der Waals surface area (Å²) < 4.78 is 7.48. The quantitative estimate of drug-likeness (QED) is 0.304. The summed E-state index contributed by atoms with van der Waals surface area (Å²) in [4.78, 5) is 17.8. The van der Waals surface area contributed by atoms with Gasteiger partial charge in [0.05, 0.1) is 18.3 Å². The van der Waals surface area contributed by atoms with Crippen molar-refractivity contribution < 1.29 is 14.6 Å². The molecule has 2 aromatic heterocycles. The molecule has 0 radical (unpaired) electrons. The molecule has 32 heavy (non-hydrogen) atoms. The van der Waals surface area contributed by atoms with Gasteiger partial charge in [0.1, 0.15) is 22.3 Å². The van der Waals surface area contributed by atoms with Gasteiger partial charge in [0.25, 0.3) is 0 Å². The Labute approximate surface area is 197 Å². The first-order chi connectivity index (χ1) is 15.3. The Bertz CT molecular complexity index is 1080. The van der Waals surface area contributed by atoms with Crippen molar-refractivity contribution in [3.63, 3.8) is 0 Å². The van der Waals surface area contributed by atoms with Crippen molar-refractivity contribution in [3.05, 3.63) is 51.8 Å². The number of benzene rings is 1. The molecular formula is C22H27Cl2N5O3. The summed E-state index contributed by atoms with van der Waals surface area (Å²) in [5.74, 6) is 0.101. The van der Waals surface area contributed by atoms with E-state index in [2.05, 4.69) is 22.1 Å². The van der Waals surface area contributed by atoms with E-state index < -0.39 is 5.97 Å². The minimum Gasteiger partial charge on any atom is -0.493 e. The Hall–Kier alpha value is -2.55. The average Bonchev–Trinajstić information content (AvgIpc) is 3.17. The predicted molar refractivity (Wildman–Crippen MR) is 126 cm³/mol. The summed E-state index contributed by atoms with van der Waals surface area (Å²) in [6.07, 6.45) is 2.49. The van der Waals surface area contributed by atoms with Gasteiger partial charge in [0.2, 0.25) is 0 Å². The molecule has 0 saturated heterocycles. The number of aromatic nitrogens is 3. The number of nitrogens with zero attached hydrogens (tertiary/aromatic N) is 4. The molecule has 0 aliphatic rings. The summed E-state index contributed by atoms with van der Waals surface area (Å²) in [5.41, 5.74) is 1.69. The Morgan fingerprint density at radius 2 is 2.06 bits per heavy atom. The summed E-state index contributed by atoms with van der Waals surface area (Å²) in [6, 6.07) is 8.49. The number of rotatable bonds is 11. The van der Waals surface area contributed by atoms with Gasteiger partial charge in [-0.2, -0.15) is 9.61 Å². The molecule has 1 aromatic carbocycles. The fourth-order valence-electron chi connectivity index (χ4n) is 3.49. The molecule has 172 valence electrons. The van der Waals surface area contributed by atoms with E-state index in [9.17, 15) is 9.90 Å². The van der Waals surface area contributed by atoms with Gasteiger partial charge in [-0.3, -0.25) is 0 Å². The number of anilines is 1. The SMILES string of the molecule is CC[C@H](NC)c1cc2nc(Cl)cc(N(C)CCCCOc3ccc(Cl)cc3C(=O)O)n2n1. The molecule has 0 fully saturated rings. The van der Waals surface area contributed by atoms with Crippen molar-refractivity contribution in [1.29, 1.82) is 0 Å². The normalized spacial score (nSPS) is 12.2. The summed E-state index contributed by atoms with van der Waals surface area (Å²) in [7, 11) is 3.89. The van der Waals surface area contributed by atoms with Crippen LogP contribution < -0.4 is 15.0 Å². The molecule has 2 heterocycles. The first-order valence-corrected chi connectivity index (χ1v) is 11.2. The van der Waals surface area contributed by atoms with Crippen LogP contribution >= 0.6 is 23.2 Å². The fraction of sp³-hybridized carbons (Fsp3) is 0.409. The highest BCUT2D eigenvalue weighted by Gasteiger charge is 2.16. The molecule has 8 nitrogen and oxygen atoms in total. The number of carboxylic acids is 1. The molecule has 0 spiro atoms. The number of halogens is 2. The number of hydrogen-bond donors (Lipinski definition) is 2. The van der Waals surface area contributed by atoms with Crippen LogP contribution in [-0.4, -0.2) is 52.9 Å². The van der Waals surface area contributed by atoms with Crippen LogP contribution in [0.5, 0.6) is 5.75 Å². The zero-order valence-electron chi connectivity index (χ0n) is 18.3. The third-order valence-corrected chi connectivity index (χ3v) is 5.65. The molecule has 2 N–H and O–H groups in total. The van der Waals surface area contributed by atoms with E-state index >= 15 is 0 Å². The second-order valence-corrected chi connectivity index (χ2v) is 8.27. The van der Waals surface area contributed by atoms with Crippen molar-refractivity contribution in [2.75, 3.05) is 32.1 Å². The van der Waals surface area contributed by atoms with Gasteiger partial charge in [0, 0.05) is 30.7 Å². The Morgan fingerprint density at radius 3 is 2.75 bits per heavy atom. The fourth-order valence-corrected chi connectivity index (χ4v) is 3.85. The van der Waals surface area contributed by atoms with Gasteiger partial charge >= 0.3 is 5.97 Å². The smallest absolute Gasteiger partial charge is 0.339 e. The largest absolute Gasteiger partial charge is 0.493 e. The molecule has 3 aromatic rings. The maximum atomic E-state index is 11.4. The molecule has 1 atom stereocenters. The van der Waals surface area contributed by atoms with E-state index in [1.165, 1.54) is 6.07 Å². The molecule has 0 saturated carbocycles. The van der Waals surface area contributed by atoms with Crippen LogP contribution in [-0.2, 0) is 0 Å². The topological polar surface area (TPSA) is 92.0 Å². The second kappa shape index (κ2) is 10.8. The summed E-state index contributed by atoms with van der Waals surface area (Å²) in [6.45, 7) is 3.24. The average molecular weight is 480 g/mol. The molecule has 0 aliphatic carbocycles. The van der Waals surface area contributed by atoms with Crippen LogP contribution in [0.25, 0.3) is 5.65 Å². The highest BCUT2D eigenvalue weighted by Crippen LogP contribution is 2.25. The van der Waals surface area contributed by atoms with Crippen molar-refractivity contribution in [1.82, 2.24) is 19.9 Å². The zero-order valence-corrected chi connectivity index (χ0v) is 19.8. The van der Waals surface area contributed by atoms with Gasteiger partial charge in [-0.15, -0.1) is 0 Å². The second-order valence-electron chi connectivity index (χ2n) is 7.45. The molecule has 0 bridgehead atoms. The van der Waals surface area contributed by atoms with Crippen molar-refractivity contribution in [2.24, 2.45) is 0 Å². The van der Waals surface area contributed by atoms with Crippen molar-refractivity contribution in [2.45, 2.75) is 32.2 Å². The lowest BCUT2D eigenvalue weighted by Crippen LogP contribution is -2.22. The predicted octanol–water partition coefficient (Wildman–Crippen LogP) is 4.70. The molecule has 0 unspecified atom stereocenters. The van der Waals surface area contributed by atoms with Crippen LogP contribution in [0.4, 0.5) is 5.82 Å². The van der Waals surface area contributed by atoms with Crippen molar-refractivity contribution in [3.8, 4) is 5.75 Å². The number of nitrogens with one attached hydrogen (secondary N) is 1. The highest BCUT2D eigenvalue weighted by molar-refractivity contribution is 6.31. The highest BCUT2D eigenvalue weighted by atomic mass is 35.5. The van der Waals surface area contributed by atoms with Crippen LogP contribution in [0.1, 0.15) is 48.3 Å².